The number of aryl methyl sites for hydroxylation is 1. The summed E-state index contributed by atoms with van der Waals surface area (Å²) in [6.45, 7) is 7.77. The number of ketones is 1. The Hall–Kier alpha value is -3.30. The quantitative estimate of drug-likeness (QED) is 0.472. The summed E-state index contributed by atoms with van der Waals surface area (Å²) >= 11 is 0. The van der Waals surface area contributed by atoms with E-state index in [1.54, 1.807) is 11.1 Å². The van der Waals surface area contributed by atoms with Gasteiger partial charge in [-0.25, -0.2) is 4.98 Å². The number of carbonyl (C=O) groups excluding carboxylic acids is 4. The van der Waals surface area contributed by atoms with E-state index < -0.39 is 17.7 Å². The number of carbonyl (C=O) groups is 4. The van der Waals surface area contributed by atoms with Gasteiger partial charge in [-0.15, -0.1) is 0 Å². The number of anilines is 1. The van der Waals surface area contributed by atoms with E-state index >= 15 is 0 Å². The Labute approximate surface area is 194 Å². The van der Waals surface area contributed by atoms with E-state index in [-0.39, 0.29) is 31.2 Å². The van der Waals surface area contributed by atoms with Crippen molar-refractivity contribution >= 4 is 35.5 Å². The molecule has 0 aromatic carbocycles. The summed E-state index contributed by atoms with van der Waals surface area (Å²) in [6, 6.07) is 2.99. The molecule has 2 rings (SSSR count). The molecule has 2 heterocycles. The Morgan fingerprint density at radius 2 is 1.94 bits per heavy atom. The average Bonchev–Trinajstić information content (AvgIpc) is 2.81. The molecule has 0 spiro atoms. The van der Waals surface area contributed by atoms with Crippen molar-refractivity contribution in [1.82, 2.24) is 20.1 Å². The highest BCUT2D eigenvalue weighted by Crippen LogP contribution is 2.18. The third-order valence-corrected chi connectivity index (χ3v) is 5.62. The minimum Gasteiger partial charge on any atom is -0.353 e. The molecule has 0 unspecified atom stereocenters. The number of Topliss-reactive ketones (excluding diaryl/α,β-unsaturated/α-hetero) is 1. The predicted molar refractivity (Wildman–Crippen MR) is 125 cm³/mol. The number of hydrogen-bond acceptors (Lipinski definition) is 7. The molecule has 0 aliphatic carbocycles. The highest BCUT2D eigenvalue weighted by Gasteiger charge is 2.30. The standard InChI is InChI=1S/C23H34N6O4/c1-4-10-29(18(3)30)16-21(32)26-20(8-7-19(31)15-24)23(33)28-13-11-27(12-14-28)22-17(2)6-5-9-25-22/h5-6,9,15,20,24H,4,7-8,10-14,16H2,1-3H3,(H,26,32)/t20-/m0/s1. The molecular weight excluding hydrogens is 424 g/mol. The van der Waals surface area contributed by atoms with Crippen LogP contribution in [0.1, 0.15) is 38.7 Å². The first kappa shape index (κ1) is 26.0. The number of piperazine rings is 1. The van der Waals surface area contributed by atoms with Gasteiger partial charge in [0.15, 0.2) is 5.78 Å². The Morgan fingerprint density at radius 1 is 1.24 bits per heavy atom. The van der Waals surface area contributed by atoms with Crippen molar-refractivity contribution in [3.05, 3.63) is 23.9 Å². The van der Waals surface area contributed by atoms with Crippen molar-refractivity contribution in [3.8, 4) is 0 Å². The molecule has 10 heteroatoms. The number of nitrogens with zero attached hydrogens (tertiary/aromatic N) is 4. The fourth-order valence-electron chi connectivity index (χ4n) is 3.81. The molecule has 0 saturated carbocycles. The zero-order valence-corrected chi connectivity index (χ0v) is 19.7. The third kappa shape index (κ3) is 7.65. The zero-order chi connectivity index (χ0) is 24.4. The van der Waals surface area contributed by atoms with Gasteiger partial charge in [0.05, 0.1) is 12.8 Å². The maximum Gasteiger partial charge on any atom is 0.245 e. The van der Waals surface area contributed by atoms with Crippen molar-refractivity contribution in [2.75, 3.05) is 44.2 Å². The highest BCUT2D eigenvalue weighted by atomic mass is 16.2. The van der Waals surface area contributed by atoms with Gasteiger partial charge < -0.3 is 25.4 Å². The van der Waals surface area contributed by atoms with Gasteiger partial charge in [-0.2, -0.15) is 0 Å². The number of pyridine rings is 1. The molecule has 1 atom stereocenters. The molecule has 0 radical (unpaired) electrons. The van der Waals surface area contributed by atoms with E-state index in [0.29, 0.717) is 39.1 Å². The minimum absolute atomic E-state index is 0.0152. The van der Waals surface area contributed by atoms with Gasteiger partial charge in [-0.05, 0) is 31.4 Å². The second-order valence-corrected chi connectivity index (χ2v) is 8.17. The lowest BCUT2D eigenvalue weighted by molar-refractivity contribution is -0.138. The van der Waals surface area contributed by atoms with Crippen LogP contribution in [-0.4, -0.2) is 89.8 Å². The molecule has 1 fully saturated rings. The van der Waals surface area contributed by atoms with Gasteiger partial charge in [0.1, 0.15) is 11.9 Å². The van der Waals surface area contributed by atoms with Gasteiger partial charge in [-0.1, -0.05) is 13.0 Å². The third-order valence-electron chi connectivity index (χ3n) is 5.62. The van der Waals surface area contributed by atoms with E-state index in [2.05, 4.69) is 15.2 Å². The first-order valence-electron chi connectivity index (χ1n) is 11.3. The second-order valence-electron chi connectivity index (χ2n) is 8.17. The van der Waals surface area contributed by atoms with Crippen LogP contribution in [0.4, 0.5) is 5.82 Å². The molecule has 1 aromatic rings. The maximum atomic E-state index is 13.2. The normalized spacial score (nSPS) is 14.4. The Morgan fingerprint density at radius 3 is 2.52 bits per heavy atom. The molecule has 3 amide bonds. The van der Waals surface area contributed by atoms with Crippen LogP contribution in [0.25, 0.3) is 0 Å². The summed E-state index contributed by atoms with van der Waals surface area (Å²) in [5.74, 6) is -0.430. The summed E-state index contributed by atoms with van der Waals surface area (Å²) in [4.78, 5) is 58.9. The number of aromatic nitrogens is 1. The van der Waals surface area contributed by atoms with Crippen LogP contribution in [0.5, 0.6) is 0 Å². The second kappa shape index (κ2) is 12.7. The monoisotopic (exact) mass is 458 g/mol. The Balaban J connectivity index is 2.03. The topological polar surface area (TPSA) is 127 Å². The lowest BCUT2D eigenvalue weighted by Crippen LogP contribution is -2.56. The van der Waals surface area contributed by atoms with Crippen molar-refractivity contribution in [3.63, 3.8) is 0 Å². The van der Waals surface area contributed by atoms with Crippen LogP contribution < -0.4 is 10.2 Å². The number of amides is 3. The number of rotatable bonds is 11. The zero-order valence-electron chi connectivity index (χ0n) is 19.7. The molecule has 1 saturated heterocycles. The van der Waals surface area contributed by atoms with Crippen LogP contribution in [0, 0.1) is 12.3 Å². The summed E-state index contributed by atoms with van der Waals surface area (Å²) < 4.78 is 0. The summed E-state index contributed by atoms with van der Waals surface area (Å²) in [5, 5.41) is 9.80. The van der Waals surface area contributed by atoms with E-state index in [4.69, 9.17) is 5.41 Å². The molecule has 33 heavy (non-hydrogen) atoms. The first-order valence-corrected chi connectivity index (χ1v) is 11.3. The van der Waals surface area contributed by atoms with E-state index in [9.17, 15) is 19.2 Å². The van der Waals surface area contributed by atoms with Crippen molar-refractivity contribution in [2.24, 2.45) is 0 Å². The molecule has 0 bridgehead atoms. The Kier molecular flexibility index (Phi) is 9.96. The van der Waals surface area contributed by atoms with Gasteiger partial charge in [0, 0.05) is 52.3 Å². The van der Waals surface area contributed by atoms with Crippen LogP contribution in [0.3, 0.4) is 0 Å². The van der Waals surface area contributed by atoms with Crippen LogP contribution >= 0.6 is 0 Å². The average molecular weight is 459 g/mol. The smallest absolute Gasteiger partial charge is 0.245 e. The van der Waals surface area contributed by atoms with E-state index in [1.807, 2.05) is 26.0 Å². The fourth-order valence-corrected chi connectivity index (χ4v) is 3.81. The molecule has 2 N–H and O–H groups in total. The largest absolute Gasteiger partial charge is 0.353 e. The summed E-state index contributed by atoms with van der Waals surface area (Å²) in [5.41, 5.74) is 1.06. The molecule has 1 aliphatic rings. The lowest BCUT2D eigenvalue weighted by atomic mass is 10.1. The van der Waals surface area contributed by atoms with Crippen LogP contribution in [0.2, 0.25) is 0 Å². The minimum atomic E-state index is -0.889. The SMILES string of the molecule is CCCN(CC(=O)N[C@@H](CCC(=O)C=N)C(=O)N1CCN(c2ncccc2C)CC1)C(C)=O. The van der Waals surface area contributed by atoms with E-state index in [0.717, 1.165) is 17.6 Å². The molecule has 180 valence electrons. The van der Waals surface area contributed by atoms with Crippen molar-refractivity contribution in [2.45, 2.75) is 46.1 Å². The number of hydrogen-bond donors (Lipinski definition) is 2. The van der Waals surface area contributed by atoms with Crippen LogP contribution in [-0.2, 0) is 19.2 Å². The van der Waals surface area contributed by atoms with Gasteiger partial charge >= 0.3 is 0 Å². The Bertz CT molecular complexity index is 866. The first-order chi connectivity index (χ1) is 15.8. The highest BCUT2D eigenvalue weighted by molar-refractivity contribution is 6.26. The van der Waals surface area contributed by atoms with Crippen molar-refractivity contribution < 1.29 is 19.2 Å². The van der Waals surface area contributed by atoms with Gasteiger partial charge in [-0.3, -0.25) is 19.2 Å². The van der Waals surface area contributed by atoms with Gasteiger partial charge in [0.25, 0.3) is 0 Å². The fraction of sp³-hybridized carbons (Fsp3) is 0.565. The number of nitrogens with one attached hydrogen (secondary N) is 2. The van der Waals surface area contributed by atoms with Crippen LogP contribution in [0.15, 0.2) is 18.3 Å². The van der Waals surface area contributed by atoms with Gasteiger partial charge in [0.2, 0.25) is 17.7 Å². The molecule has 1 aromatic heterocycles. The van der Waals surface area contributed by atoms with Crippen molar-refractivity contribution in [1.29, 1.82) is 5.41 Å². The maximum absolute atomic E-state index is 13.2. The molecule has 1 aliphatic heterocycles. The lowest BCUT2D eigenvalue weighted by Gasteiger charge is -2.37. The molecule has 10 nitrogen and oxygen atoms in total. The summed E-state index contributed by atoms with van der Waals surface area (Å²) in [7, 11) is 0. The summed E-state index contributed by atoms with van der Waals surface area (Å²) in [6.07, 6.45) is 3.26. The molecular formula is C23H34N6O4. The predicted octanol–water partition coefficient (Wildman–Crippen LogP) is 0.781. The van der Waals surface area contributed by atoms with E-state index in [1.165, 1.54) is 11.8 Å².